The van der Waals surface area contributed by atoms with E-state index in [1.165, 1.54) is 244 Å². The van der Waals surface area contributed by atoms with Crippen LogP contribution in [0.1, 0.15) is 316 Å². The molecular weight excluding hydrogens is 799 g/mol. The maximum Gasteiger partial charge on any atom is 0.220 e. The van der Waals surface area contributed by atoms with Crippen molar-refractivity contribution >= 4 is 5.91 Å². The van der Waals surface area contributed by atoms with E-state index in [2.05, 4.69) is 55.6 Å². The molecule has 0 bridgehead atoms. The predicted octanol–water partition coefficient (Wildman–Crippen LogP) is 18.2. The molecule has 0 rings (SSSR count). The second-order valence-electron chi connectivity index (χ2n) is 20.2. The fraction of sp³-hybridized carbons (Fsp3) is 0.883. The Bertz CT molecular complexity index is 1010. The van der Waals surface area contributed by atoms with E-state index in [-0.39, 0.29) is 12.5 Å². The molecule has 0 saturated carbocycles. The smallest absolute Gasteiger partial charge is 0.220 e. The highest BCUT2D eigenvalue weighted by molar-refractivity contribution is 5.76. The highest BCUT2D eigenvalue weighted by Gasteiger charge is 2.26. The minimum absolute atomic E-state index is 0.150. The molecule has 5 heteroatoms. The molecule has 0 heterocycles. The molecule has 0 saturated heterocycles. The van der Waals surface area contributed by atoms with E-state index in [0.717, 1.165) is 44.9 Å². The standard InChI is InChI=1S/C60H115NO4/c1-3-5-7-9-11-13-15-17-19-21-22-23-24-25-26-27-28-29-30-31-32-33-34-35-36-37-38-39-41-43-45-47-49-51-53-55-59(64)61-57(56-62)60(65)58(63)54-52-50-48-46-44-42-40-20-18-16-14-12-10-8-6-4-2/h24-25,27-28,46,48,57-58,60,62-63,65H,3-23,26,29-45,47,49-56H2,1-2H3,(H,61,64)/b25-24-,28-27-,48-46+. The number of hydrogen-bond donors (Lipinski definition) is 4. The van der Waals surface area contributed by atoms with Crippen molar-refractivity contribution < 1.29 is 20.1 Å². The second kappa shape index (κ2) is 55.2. The Kier molecular flexibility index (Phi) is 54.0. The van der Waals surface area contributed by atoms with E-state index < -0.39 is 18.2 Å². The lowest BCUT2D eigenvalue weighted by Gasteiger charge is -2.26. The summed E-state index contributed by atoms with van der Waals surface area (Å²) in [6, 6.07) is -0.825. The first-order chi connectivity index (χ1) is 32.1. The van der Waals surface area contributed by atoms with Gasteiger partial charge in [0.25, 0.3) is 0 Å². The zero-order valence-electron chi connectivity index (χ0n) is 43.9. The third kappa shape index (κ3) is 50.3. The summed E-state index contributed by atoms with van der Waals surface area (Å²) in [4.78, 5) is 12.5. The Morgan fingerprint density at radius 1 is 0.385 bits per heavy atom. The van der Waals surface area contributed by atoms with Gasteiger partial charge in [0.15, 0.2) is 0 Å². The molecule has 384 valence electrons. The first kappa shape index (κ1) is 63.6. The number of aliphatic hydroxyl groups excluding tert-OH is 3. The minimum atomic E-state index is -1.16. The van der Waals surface area contributed by atoms with Crippen molar-refractivity contribution in [1.29, 1.82) is 0 Å². The monoisotopic (exact) mass is 914 g/mol. The zero-order valence-corrected chi connectivity index (χ0v) is 43.9. The number of unbranched alkanes of at least 4 members (excludes halogenated alkanes) is 40. The van der Waals surface area contributed by atoms with Crippen molar-refractivity contribution in [2.45, 2.75) is 334 Å². The molecule has 1 amide bonds. The van der Waals surface area contributed by atoms with Crippen LogP contribution in [0.2, 0.25) is 0 Å². The molecule has 0 fully saturated rings. The number of hydrogen-bond acceptors (Lipinski definition) is 4. The topological polar surface area (TPSA) is 89.8 Å². The third-order valence-electron chi connectivity index (χ3n) is 13.7. The molecule has 0 aromatic carbocycles. The van der Waals surface area contributed by atoms with Crippen molar-refractivity contribution in [1.82, 2.24) is 5.32 Å². The van der Waals surface area contributed by atoms with Crippen molar-refractivity contribution in [2.24, 2.45) is 0 Å². The van der Waals surface area contributed by atoms with Crippen molar-refractivity contribution in [3.8, 4) is 0 Å². The summed E-state index contributed by atoms with van der Waals surface area (Å²) in [6.07, 6.45) is 71.8. The van der Waals surface area contributed by atoms with Gasteiger partial charge in [-0.1, -0.05) is 275 Å². The van der Waals surface area contributed by atoms with Gasteiger partial charge in [-0.15, -0.1) is 0 Å². The SMILES string of the molecule is CCCCCCCCCCCCC/C=C\C/C=C\CCCCCCCCCCCCCCCCCCCC(=O)NC(CO)C(O)C(O)CCC/C=C/CCCCCCCCCCCCC. The van der Waals surface area contributed by atoms with Crippen LogP contribution >= 0.6 is 0 Å². The van der Waals surface area contributed by atoms with Crippen LogP contribution in [0.3, 0.4) is 0 Å². The molecule has 0 radical (unpaired) electrons. The lowest BCUT2D eigenvalue weighted by atomic mass is 10.0. The van der Waals surface area contributed by atoms with E-state index in [1.807, 2.05) is 0 Å². The molecule has 3 atom stereocenters. The van der Waals surface area contributed by atoms with E-state index in [4.69, 9.17) is 0 Å². The second-order valence-corrected chi connectivity index (χ2v) is 20.2. The van der Waals surface area contributed by atoms with Crippen molar-refractivity contribution in [3.63, 3.8) is 0 Å². The van der Waals surface area contributed by atoms with Crippen LogP contribution in [0.4, 0.5) is 0 Å². The molecule has 5 nitrogen and oxygen atoms in total. The molecule has 65 heavy (non-hydrogen) atoms. The molecule has 0 aliphatic carbocycles. The number of amides is 1. The van der Waals surface area contributed by atoms with Gasteiger partial charge in [-0.25, -0.2) is 0 Å². The van der Waals surface area contributed by atoms with Gasteiger partial charge in [-0.2, -0.15) is 0 Å². The summed E-state index contributed by atoms with van der Waals surface area (Å²) < 4.78 is 0. The van der Waals surface area contributed by atoms with Gasteiger partial charge in [0, 0.05) is 6.42 Å². The van der Waals surface area contributed by atoms with Crippen LogP contribution in [-0.4, -0.2) is 46.1 Å². The fourth-order valence-corrected chi connectivity index (χ4v) is 9.20. The Balaban J connectivity index is 3.50. The lowest BCUT2D eigenvalue weighted by molar-refractivity contribution is -0.124. The Labute approximate surface area is 406 Å². The van der Waals surface area contributed by atoms with Crippen LogP contribution in [0, 0.1) is 0 Å². The molecule has 0 aromatic rings. The van der Waals surface area contributed by atoms with Crippen molar-refractivity contribution in [2.75, 3.05) is 6.61 Å². The maximum atomic E-state index is 12.5. The number of aliphatic hydroxyl groups is 3. The first-order valence-electron chi connectivity index (χ1n) is 29.3. The molecule has 0 aliphatic heterocycles. The van der Waals surface area contributed by atoms with Crippen LogP contribution in [0.5, 0.6) is 0 Å². The van der Waals surface area contributed by atoms with Gasteiger partial charge in [0.2, 0.25) is 5.91 Å². The molecule has 3 unspecified atom stereocenters. The van der Waals surface area contributed by atoms with E-state index in [1.54, 1.807) is 0 Å². The van der Waals surface area contributed by atoms with Crippen LogP contribution in [0.25, 0.3) is 0 Å². The molecule has 0 aliphatic rings. The summed E-state index contributed by atoms with van der Waals surface area (Å²) in [6.45, 7) is 4.19. The normalized spacial score (nSPS) is 13.5. The molecular formula is C60H115NO4. The van der Waals surface area contributed by atoms with Gasteiger partial charge in [-0.05, 0) is 70.6 Å². The number of carbonyl (C=O) groups is 1. The zero-order chi connectivity index (χ0) is 47.2. The number of nitrogens with one attached hydrogen (secondary N) is 1. The van der Waals surface area contributed by atoms with Crippen LogP contribution in [0.15, 0.2) is 36.5 Å². The quantitative estimate of drug-likeness (QED) is 0.0361. The molecule has 0 aromatic heterocycles. The van der Waals surface area contributed by atoms with Gasteiger partial charge in [0.05, 0.1) is 18.8 Å². The highest BCUT2D eigenvalue weighted by atomic mass is 16.3. The van der Waals surface area contributed by atoms with E-state index in [0.29, 0.717) is 12.8 Å². The van der Waals surface area contributed by atoms with Gasteiger partial charge < -0.3 is 20.6 Å². The summed E-state index contributed by atoms with van der Waals surface area (Å²) >= 11 is 0. The Morgan fingerprint density at radius 2 is 0.662 bits per heavy atom. The summed E-state index contributed by atoms with van der Waals surface area (Å²) in [5.41, 5.74) is 0. The largest absolute Gasteiger partial charge is 0.394 e. The minimum Gasteiger partial charge on any atom is -0.394 e. The van der Waals surface area contributed by atoms with E-state index >= 15 is 0 Å². The average molecular weight is 915 g/mol. The van der Waals surface area contributed by atoms with Gasteiger partial charge >= 0.3 is 0 Å². The highest BCUT2D eigenvalue weighted by Crippen LogP contribution is 2.17. The van der Waals surface area contributed by atoms with E-state index in [9.17, 15) is 20.1 Å². The number of carbonyl (C=O) groups excluding carboxylic acids is 1. The summed E-state index contributed by atoms with van der Waals surface area (Å²) in [7, 11) is 0. The summed E-state index contributed by atoms with van der Waals surface area (Å²) in [5.74, 6) is -0.150. The summed E-state index contributed by atoms with van der Waals surface area (Å²) in [5, 5.41) is 33.7. The predicted molar refractivity (Wildman–Crippen MR) is 287 cm³/mol. The third-order valence-corrected chi connectivity index (χ3v) is 13.7. The maximum absolute atomic E-state index is 12.5. The van der Waals surface area contributed by atoms with Crippen LogP contribution in [-0.2, 0) is 4.79 Å². The molecule has 4 N–H and O–H groups in total. The molecule has 0 spiro atoms. The average Bonchev–Trinajstić information content (AvgIpc) is 3.31. The van der Waals surface area contributed by atoms with Crippen LogP contribution < -0.4 is 5.32 Å². The van der Waals surface area contributed by atoms with Gasteiger partial charge in [-0.3, -0.25) is 4.79 Å². The fourth-order valence-electron chi connectivity index (χ4n) is 9.20. The number of allylic oxidation sites excluding steroid dienone is 6. The Morgan fingerprint density at radius 3 is 0.985 bits per heavy atom. The Hall–Kier alpha value is -1.43. The lowest BCUT2D eigenvalue weighted by Crippen LogP contribution is -2.50. The van der Waals surface area contributed by atoms with Gasteiger partial charge in [0.1, 0.15) is 6.10 Å². The number of rotatable bonds is 54. The first-order valence-corrected chi connectivity index (χ1v) is 29.3. The van der Waals surface area contributed by atoms with Crippen molar-refractivity contribution in [3.05, 3.63) is 36.5 Å².